The number of pyridine rings is 1. The minimum Gasteiger partial charge on any atom is -0.338 e. The highest BCUT2D eigenvalue weighted by Gasteiger charge is 2.21. The van der Waals surface area contributed by atoms with E-state index in [4.69, 9.17) is 12.2 Å². The average molecular weight is 348 g/mol. The SMILES string of the molecule is CC(c1ccc[nH+]c1)N(CC[NH+](C)C)C(=S)Nc1cccc(F)c1. The number of hydrogen-bond acceptors (Lipinski definition) is 1. The maximum absolute atomic E-state index is 13.4. The number of H-pyrrole nitrogens is 1. The number of quaternary nitrogens is 1. The van der Waals surface area contributed by atoms with Crippen molar-refractivity contribution in [2.45, 2.75) is 13.0 Å². The molecule has 4 nitrogen and oxygen atoms in total. The van der Waals surface area contributed by atoms with Crippen LogP contribution < -0.4 is 15.2 Å². The molecule has 6 heteroatoms. The summed E-state index contributed by atoms with van der Waals surface area (Å²) in [5.74, 6) is -0.280. The molecule has 1 unspecified atom stereocenters. The van der Waals surface area contributed by atoms with E-state index >= 15 is 0 Å². The van der Waals surface area contributed by atoms with E-state index in [1.54, 1.807) is 6.07 Å². The first-order valence-electron chi connectivity index (χ1n) is 8.05. The number of nitrogens with zero attached hydrogens (tertiary/aromatic N) is 1. The molecule has 0 aliphatic carbocycles. The van der Waals surface area contributed by atoms with Crippen LogP contribution in [0.4, 0.5) is 10.1 Å². The van der Waals surface area contributed by atoms with E-state index in [1.165, 1.54) is 17.0 Å². The first kappa shape index (κ1) is 18.3. The van der Waals surface area contributed by atoms with Crippen molar-refractivity contribution in [2.24, 2.45) is 0 Å². The zero-order valence-electron chi connectivity index (χ0n) is 14.3. The van der Waals surface area contributed by atoms with Gasteiger partial charge in [-0.05, 0) is 43.4 Å². The summed E-state index contributed by atoms with van der Waals surface area (Å²) in [4.78, 5) is 6.60. The van der Waals surface area contributed by atoms with Crippen molar-refractivity contribution in [1.29, 1.82) is 0 Å². The lowest BCUT2D eigenvalue weighted by Crippen LogP contribution is -3.06. The van der Waals surface area contributed by atoms with E-state index in [-0.39, 0.29) is 11.9 Å². The normalized spacial score (nSPS) is 12.0. The molecule has 0 spiro atoms. The van der Waals surface area contributed by atoms with Crippen molar-refractivity contribution in [3.8, 4) is 0 Å². The number of nitrogens with one attached hydrogen (secondary N) is 3. The Morgan fingerprint density at radius 3 is 2.75 bits per heavy atom. The van der Waals surface area contributed by atoms with Gasteiger partial charge in [0.15, 0.2) is 17.5 Å². The largest absolute Gasteiger partial charge is 0.338 e. The first-order valence-corrected chi connectivity index (χ1v) is 8.46. The molecule has 1 aromatic carbocycles. The molecule has 0 saturated carbocycles. The molecule has 0 radical (unpaired) electrons. The standard InChI is InChI=1S/C18H23FN4S/c1-14(15-6-5-9-20-13-15)23(11-10-22(2)3)18(24)21-17-8-4-7-16(19)12-17/h4-9,12-14H,10-11H2,1-3H3,(H,21,24)/p+2. The van der Waals surface area contributed by atoms with Crippen LogP contribution in [0.3, 0.4) is 0 Å². The lowest BCUT2D eigenvalue weighted by molar-refractivity contribution is -0.857. The Morgan fingerprint density at radius 1 is 1.33 bits per heavy atom. The second-order valence-corrected chi connectivity index (χ2v) is 6.49. The highest BCUT2D eigenvalue weighted by atomic mass is 32.1. The Hall–Kier alpha value is -2.05. The van der Waals surface area contributed by atoms with Crippen LogP contribution in [0.1, 0.15) is 18.5 Å². The van der Waals surface area contributed by atoms with Crippen LogP contribution in [-0.2, 0) is 0 Å². The fourth-order valence-electron chi connectivity index (χ4n) is 2.42. The number of likely N-dealkylation sites (N-methyl/N-ethyl adjacent to an activating group) is 1. The van der Waals surface area contributed by atoms with Gasteiger partial charge >= 0.3 is 0 Å². The number of aromatic nitrogens is 1. The Balaban J connectivity index is 2.16. The number of anilines is 1. The van der Waals surface area contributed by atoms with Crippen LogP contribution in [0.5, 0.6) is 0 Å². The van der Waals surface area contributed by atoms with Crippen LogP contribution in [0, 0.1) is 5.82 Å². The van der Waals surface area contributed by atoms with Crippen molar-refractivity contribution in [2.75, 3.05) is 32.5 Å². The Morgan fingerprint density at radius 2 is 2.12 bits per heavy atom. The van der Waals surface area contributed by atoms with Crippen LogP contribution in [-0.4, -0.2) is 37.2 Å². The molecule has 0 amide bonds. The summed E-state index contributed by atoms with van der Waals surface area (Å²) in [5, 5.41) is 3.75. The van der Waals surface area contributed by atoms with E-state index in [0.29, 0.717) is 10.8 Å². The second-order valence-electron chi connectivity index (χ2n) is 6.10. The lowest BCUT2D eigenvalue weighted by Gasteiger charge is -2.31. The Labute approximate surface area is 148 Å². The number of hydrogen-bond donors (Lipinski definition) is 2. The molecule has 0 bridgehead atoms. The third-order valence-corrected chi connectivity index (χ3v) is 4.21. The van der Waals surface area contributed by atoms with Gasteiger partial charge in [-0.1, -0.05) is 6.07 Å². The highest BCUT2D eigenvalue weighted by molar-refractivity contribution is 7.80. The minimum atomic E-state index is -0.280. The fourth-order valence-corrected chi connectivity index (χ4v) is 2.79. The quantitative estimate of drug-likeness (QED) is 0.777. The number of rotatable bonds is 6. The monoisotopic (exact) mass is 348 g/mol. The zero-order chi connectivity index (χ0) is 17.5. The molecule has 0 aliphatic rings. The molecule has 0 saturated heterocycles. The third kappa shape index (κ3) is 5.25. The smallest absolute Gasteiger partial charge is 0.174 e. The predicted molar refractivity (Wildman–Crippen MR) is 98.4 cm³/mol. The Bertz CT molecular complexity index is 663. The van der Waals surface area contributed by atoms with Gasteiger partial charge in [-0.15, -0.1) is 0 Å². The van der Waals surface area contributed by atoms with E-state index in [0.717, 1.165) is 18.7 Å². The average Bonchev–Trinajstić information content (AvgIpc) is 2.55. The molecular formula is C18H25FN4S+2. The molecule has 1 aromatic heterocycles. The summed E-state index contributed by atoms with van der Waals surface area (Å²) in [6.45, 7) is 3.87. The van der Waals surface area contributed by atoms with Crippen molar-refractivity contribution < 1.29 is 14.3 Å². The maximum atomic E-state index is 13.4. The predicted octanol–water partition coefficient (Wildman–Crippen LogP) is 1.54. The minimum absolute atomic E-state index is 0.107. The molecular weight excluding hydrogens is 323 g/mol. The molecule has 128 valence electrons. The van der Waals surface area contributed by atoms with Crippen LogP contribution >= 0.6 is 12.2 Å². The Kier molecular flexibility index (Phi) is 6.63. The molecule has 3 N–H and O–H groups in total. The van der Waals surface area contributed by atoms with E-state index < -0.39 is 0 Å². The highest BCUT2D eigenvalue weighted by Crippen LogP contribution is 2.20. The van der Waals surface area contributed by atoms with Gasteiger partial charge in [0.05, 0.1) is 33.2 Å². The number of halogens is 1. The second kappa shape index (κ2) is 8.70. The van der Waals surface area contributed by atoms with Crippen LogP contribution in [0.2, 0.25) is 0 Å². The van der Waals surface area contributed by atoms with Gasteiger partial charge in [0.2, 0.25) is 0 Å². The van der Waals surface area contributed by atoms with Gasteiger partial charge in [0, 0.05) is 17.3 Å². The fraction of sp³-hybridized carbons (Fsp3) is 0.333. The van der Waals surface area contributed by atoms with Crippen molar-refractivity contribution >= 4 is 23.0 Å². The van der Waals surface area contributed by atoms with Gasteiger partial charge in [0.25, 0.3) is 0 Å². The molecule has 1 heterocycles. The van der Waals surface area contributed by atoms with Gasteiger partial charge in [-0.25, -0.2) is 9.37 Å². The molecule has 24 heavy (non-hydrogen) atoms. The van der Waals surface area contributed by atoms with Gasteiger partial charge in [0.1, 0.15) is 5.82 Å². The summed E-state index contributed by atoms with van der Waals surface area (Å²) in [5.41, 5.74) is 1.81. The van der Waals surface area contributed by atoms with Crippen molar-refractivity contribution in [1.82, 2.24) is 4.90 Å². The third-order valence-electron chi connectivity index (χ3n) is 3.87. The molecule has 0 aliphatic heterocycles. The summed E-state index contributed by atoms with van der Waals surface area (Å²) in [6.07, 6.45) is 3.86. The van der Waals surface area contributed by atoms with Crippen molar-refractivity contribution in [3.63, 3.8) is 0 Å². The van der Waals surface area contributed by atoms with Crippen LogP contribution in [0.15, 0.2) is 48.8 Å². The zero-order valence-corrected chi connectivity index (χ0v) is 15.2. The van der Waals surface area contributed by atoms with E-state index in [9.17, 15) is 4.39 Å². The van der Waals surface area contributed by atoms with Gasteiger partial charge < -0.3 is 15.1 Å². The molecule has 2 aromatic rings. The van der Waals surface area contributed by atoms with Gasteiger partial charge in [-0.2, -0.15) is 0 Å². The first-order chi connectivity index (χ1) is 11.5. The van der Waals surface area contributed by atoms with Crippen LogP contribution in [0.25, 0.3) is 0 Å². The lowest BCUT2D eigenvalue weighted by atomic mass is 10.1. The molecule has 1 atom stereocenters. The topological polar surface area (TPSA) is 33.9 Å². The van der Waals surface area contributed by atoms with Crippen molar-refractivity contribution in [3.05, 3.63) is 60.2 Å². The summed E-state index contributed by atoms with van der Waals surface area (Å²) in [6, 6.07) is 10.5. The van der Waals surface area contributed by atoms with E-state index in [2.05, 4.69) is 42.3 Å². The number of aromatic amines is 1. The summed E-state index contributed by atoms with van der Waals surface area (Å²) < 4.78 is 13.4. The number of thiocarbonyl (C=S) groups is 1. The number of benzene rings is 1. The summed E-state index contributed by atoms with van der Waals surface area (Å²) >= 11 is 5.60. The molecule has 2 rings (SSSR count). The molecule has 0 fully saturated rings. The van der Waals surface area contributed by atoms with E-state index in [1.807, 2.05) is 24.5 Å². The summed E-state index contributed by atoms with van der Waals surface area (Å²) in [7, 11) is 4.23. The van der Waals surface area contributed by atoms with Gasteiger partial charge in [-0.3, -0.25) is 0 Å². The maximum Gasteiger partial charge on any atom is 0.174 e.